The molecule has 0 bridgehead atoms. The van der Waals surface area contributed by atoms with Crippen LogP contribution < -0.4 is 15.8 Å². The summed E-state index contributed by atoms with van der Waals surface area (Å²) in [6, 6.07) is 7.79. The van der Waals surface area contributed by atoms with Gasteiger partial charge in [-0.1, -0.05) is 32.0 Å². The van der Waals surface area contributed by atoms with Crippen LogP contribution in [0.15, 0.2) is 24.3 Å². The van der Waals surface area contributed by atoms with Gasteiger partial charge >= 0.3 is 0 Å². The number of carbonyl (C=O) groups is 1. The summed E-state index contributed by atoms with van der Waals surface area (Å²) < 4.78 is 11.4. The summed E-state index contributed by atoms with van der Waals surface area (Å²) in [5, 5.41) is 3.14. The third-order valence-electron chi connectivity index (χ3n) is 5.50. The van der Waals surface area contributed by atoms with Gasteiger partial charge in [-0.2, -0.15) is 0 Å². The van der Waals surface area contributed by atoms with Crippen LogP contribution in [0.3, 0.4) is 0 Å². The smallest absolute Gasteiger partial charge is 0.241 e. The summed E-state index contributed by atoms with van der Waals surface area (Å²) in [6.45, 7) is 7.22. The molecule has 5 heteroatoms. The Labute approximate surface area is 137 Å². The molecule has 1 aliphatic heterocycles. The molecule has 2 aliphatic rings. The number of hydrogen-bond donors (Lipinski definition) is 2. The molecular formula is C18H26N2O3. The molecule has 1 aromatic rings. The quantitative estimate of drug-likeness (QED) is 0.892. The lowest BCUT2D eigenvalue weighted by atomic mass is 9.54. The fourth-order valence-corrected chi connectivity index (χ4v) is 3.60. The van der Waals surface area contributed by atoms with E-state index in [4.69, 9.17) is 15.2 Å². The molecule has 1 amide bonds. The van der Waals surface area contributed by atoms with Crippen molar-refractivity contribution in [2.24, 2.45) is 11.1 Å². The van der Waals surface area contributed by atoms with E-state index in [2.05, 4.69) is 5.32 Å². The maximum Gasteiger partial charge on any atom is 0.241 e. The predicted octanol–water partition coefficient (Wildman–Crippen LogP) is 2.16. The Hall–Kier alpha value is -1.59. The first kappa shape index (κ1) is 16.3. The number of amides is 1. The molecule has 126 valence electrons. The van der Waals surface area contributed by atoms with E-state index in [9.17, 15) is 4.79 Å². The topological polar surface area (TPSA) is 73.6 Å². The van der Waals surface area contributed by atoms with Crippen molar-refractivity contribution >= 4 is 5.91 Å². The highest BCUT2D eigenvalue weighted by atomic mass is 16.5. The highest BCUT2D eigenvalue weighted by Crippen LogP contribution is 2.50. The van der Waals surface area contributed by atoms with Crippen molar-refractivity contribution in [2.75, 3.05) is 13.2 Å². The second kappa shape index (κ2) is 5.80. The summed E-state index contributed by atoms with van der Waals surface area (Å²) in [7, 11) is 0. The van der Waals surface area contributed by atoms with Crippen molar-refractivity contribution in [3.8, 4) is 5.75 Å². The SMILES string of the molecule is CCOC1CC(N)(C(=O)NC2CCOc3ccccc32)C1(C)C. The minimum Gasteiger partial charge on any atom is -0.493 e. The maximum absolute atomic E-state index is 12.9. The molecule has 5 nitrogen and oxygen atoms in total. The first-order chi connectivity index (χ1) is 10.9. The van der Waals surface area contributed by atoms with Crippen molar-refractivity contribution in [3.63, 3.8) is 0 Å². The van der Waals surface area contributed by atoms with Crippen molar-refractivity contribution in [3.05, 3.63) is 29.8 Å². The summed E-state index contributed by atoms with van der Waals surface area (Å²) in [5.41, 5.74) is 6.22. The summed E-state index contributed by atoms with van der Waals surface area (Å²) in [5.74, 6) is 0.746. The highest BCUT2D eigenvalue weighted by Gasteiger charge is 2.63. The summed E-state index contributed by atoms with van der Waals surface area (Å²) in [6.07, 6.45) is 1.35. The Morgan fingerprint density at radius 1 is 1.43 bits per heavy atom. The van der Waals surface area contributed by atoms with Crippen molar-refractivity contribution in [2.45, 2.75) is 51.3 Å². The van der Waals surface area contributed by atoms with Gasteiger partial charge in [-0.25, -0.2) is 0 Å². The zero-order chi connectivity index (χ0) is 16.7. The van der Waals surface area contributed by atoms with Gasteiger partial charge in [0.1, 0.15) is 11.3 Å². The second-order valence-electron chi connectivity index (χ2n) is 7.04. The number of para-hydroxylation sites is 1. The average molecular weight is 318 g/mol. The Morgan fingerprint density at radius 3 is 2.87 bits per heavy atom. The van der Waals surface area contributed by atoms with E-state index in [-0.39, 0.29) is 23.5 Å². The minimum absolute atomic E-state index is 0.0326. The molecule has 1 saturated carbocycles. The molecular weight excluding hydrogens is 292 g/mol. The van der Waals surface area contributed by atoms with Gasteiger partial charge in [-0.15, -0.1) is 0 Å². The van der Waals surface area contributed by atoms with Gasteiger partial charge in [-0.3, -0.25) is 4.79 Å². The number of fused-ring (bicyclic) bond motifs is 1. The molecule has 0 radical (unpaired) electrons. The molecule has 1 aliphatic carbocycles. The van der Waals surface area contributed by atoms with Crippen LogP contribution in [0.5, 0.6) is 5.75 Å². The fraction of sp³-hybridized carbons (Fsp3) is 0.611. The van der Waals surface area contributed by atoms with Gasteiger partial charge < -0.3 is 20.5 Å². The molecule has 1 aromatic carbocycles. The first-order valence-electron chi connectivity index (χ1n) is 8.33. The minimum atomic E-state index is -0.889. The van der Waals surface area contributed by atoms with E-state index in [1.165, 1.54) is 0 Å². The summed E-state index contributed by atoms with van der Waals surface area (Å²) >= 11 is 0. The predicted molar refractivity (Wildman–Crippen MR) is 88.2 cm³/mol. The molecule has 23 heavy (non-hydrogen) atoms. The number of benzene rings is 1. The van der Waals surface area contributed by atoms with Crippen LogP contribution in [0.4, 0.5) is 0 Å². The number of ether oxygens (including phenoxy) is 2. The Balaban J connectivity index is 1.74. The monoisotopic (exact) mass is 318 g/mol. The molecule has 0 aromatic heterocycles. The molecule has 3 unspecified atom stereocenters. The third-order valence-corrected chi connectivity index (χ3v) is 5.50. The van der Waals surface area contributed by atoms with E-state index >= 15 is 0 Å². The van der Waals surface area contributed by atoms with Gasteiger partial charge in [0.05, 0.1) is 18.8 Å². The van der Waals surface area contributed by atoms with E-state index in [1.54, 1.807) is 0 Å². The van der Waals surface area contributed by atoms with Crippen molar-refractivity contribution in [1.29, 1.82) is 0 Å². The lowest BCUT2D eigenvalue weighted by molar-refractivity contribution is -0.171. The Morgan fingerprint density at radius 2 is 2.17 bits per heavy atom. The average Bonchev–Trinajstić information content (AvgIpc) is 2.54. The van der Waals surface area contributed by atoms with Crippen LogP contribution in [0.2, 0.25) is 0 Å². The molecule has 0 saturated heterocycles. The van der Waals surface area contributed by atoms with Crippen LogP contribution in [0, 0.1) is 5.41 Å². The number of hydrogen-bond acceptors (Lipinski definition) is 4. The largest absolute Gasteiger partial charge is 0.493 e. The maximum atomic E-state index is 12.9. The van der Waals surface area contributed by atoms with E-state index in [0.717, 1.165) is 17.7 Å². The molecule has 3 rings (SSSR count). The normalized spacial score (nSPS) is 31.5. The standard InChI is InChI=1S/C18H26N2O3/c1-4-22-15-11-18(19,17(15,2)3)16(21)20-13-9-10-23-14-8-6-5-7-12(13)14/h5-8,13,15H,4,9-11,19H2,1-3H3,(H,20,21). The molecule has 0 spiro atoms. The molecule has 3 N–H and O–H groups in total. The lowest BCUT2D eigenvalue weighted by Crippen LogP contribution is -2.75. The van der Waals surface area contributed by atoms with Crippen LogP contribution in [-0.4, -0.2) is 30.8 Å². The van der Waals surface area contributed by atoms with Crippen molar-refractivity contribution < 1.29 is 14.3 Å². The van der Waals surface area contributed by atoms with E-state index in [0.29, 0.717) is 19.6 Å². The fourth-order valence-electron chi connectivity index (χ4n) is 3.60. The van der Waals surface area contributed by atoms with Crippen LogP contribution in [0.1, 0.15) is 45.2 Å². The zero-order valence-corrected chi connectivity index (χ0v) is 14.1. The first-order valence-corrected chi connectivity index (χ1v) is 8.33. The Kier molecular flexibility index (Phi) is 4.10. The molecule has 3 atom stereocenters. The summed E-state index contributed by atoms with van der Waals surface area (Å²) in [4.78, 5) is 12.9. The highest BCUT2D eigenvalue weighted by molar-refractivity contribution is 5.89. The molecule has 1 heterocycles. The van der Waals surface area contributed by atoms with Crippen molar-refractivity contribution in [1.82, 2.24) is 5.32 Å². The number of rotatable bonds is 4. The van der Waals surface area contributed by atoms with Gasteiger partial charge in [0.2, 0.25) is 5.91 Å². The van der Waals surface area contributed by atoms with Gasteiger partial charge in [0.15, 0.2) is 0 Å². The van der Waals surface area contributed by atoms with Crippen LogP contribution >= 0.6 is 0 Å². The lowest BCUT2D eigenvalue weighted by Gasteiger charge is -2.57. The second-order valence-corrected chi connectivity index (χ2v) is 7.04. The van der Waals surface area contributed by atoms with Gasteiger partial charge in [0, 0.05) is 30.4 Å². The van der Waals surface area contributed by atoms with E-state index in [1.807, 2.05) is 45.0 Å². The van der Waals surface area contributed by atoms with E-state index < -0.39 is 5.54 Å². The Bertz CT molecular complexity index is 602. The number of nitrogens with one attached hydrogen (secondary N) is 1. The molecule has 1 fully saturated rings. The third kappa shape index (κ3) is 2.52. The number of nitrogens with two attached hydrogens (primary N) is 1. The van der Waals surface area contributed by atoms with Gasteiger partial charge in [0.25, 0.3) is 0 Å². The van der Waals surface area contributed by atoms with Crippen LogP contribution in [-0.2, 0) is 9.53 Å². The number of carbonyl (C=O) groups excluding carboxylic acids is 1. The van der Waals surface area contributed by atoms with Crippen LogP contribution in [0.25, 0.3) is 0 Å². The zero-order valence-electron chi connectivity index (χ0n) is 14.1. The van der Waals surface area contributed by atoms with Gasteiger partial charge in [-0.05, 0) is 13.0 Å².